The molecular weight excluding hydrogens is 487 g/mol. The van der Waals surface area contributed by atoms with Crippen molar-refractivity contribution in [3.05, 3.63) is 17.5 Å². The molecule has 0 amide bonds. The van der Waals surface area contributed by atoms with Gasteiger partial charge in [-0.15, -0.1) is 35.3 Å². The van der Waals surface area contributed by atoms with E-state index in [0.29, 0.717) is 23.2 Å². The Bertz CT molecular complexity index is 646. The van der Waals surface area contributed by atoms with Crippen LogP contribution in [0.2, 0.25) is 0 Å². The molecule has 2 rings (SSSR count). The average Bonchev–Trinajstić information content (AvgIpc) is 3.27. The zero-order valence-electron chi connectivity index (χ0n) is 15.6. The number of guanidine groups is 1. The van der Waals surface area contributed by atoms with Crippen molar-refractivity contribution < 1.29 is 13.2 Å². The van der Waals surface area contributed by atoms with Crippen molar-refractivity contribution in [3.63, 3.8) is 0 Å². The molecule has 1 saturated heterocycles. The summed E-state index contributed by atoms with van der Waals surface area (Å²) in [6.45, 7) is 6.06. The molecule has 1 aromatic heterocycles. The van der Waals surface area contributed by atoms with Gasteiger partial charge in [0.15, 0.2) is 5.96 Å². The van der Waals surface area contributed by atoms with Crippen LogP contribution in [0.3, 0.4) is 0 Å². The molecule has 1 fully saturated rings. The number of sulfonamides is 1. The molecule has 1 aliphatic rings. The molecule has 150 valence electrons. The van der Waals surface area contributed by atoms with Gasteiger partial charge in [0.25, 0.3) is 10.0 Å². The Balaban J connectivity index is 0.00000338. The predicted molar refractivity (Wildman–Crippen MR) is 117 cm³/mol. The molecule has 1 unspecified atom stereocenters. The average molecular weight is 516 g/mol. The summed E-state index contributed by atoms with van der Waals surface area (Å²) >= 11 is 1.23. The number of nitrogens with one attached hydrogen (secondary N) is 1. The van der Waals surface area contributed by atoms with Crippen molar-refractivity contribution in [2.24, 2.45) is 10.9 Å². The Morgan fingerprint density at radius 3 is 2.81 bits per heavy atom. The van der Waals surface area contributed by atoms with Crippen LogP contribution in [0.25, 0.3) is 0 Å². The second-order valence-corrected chi connectivity index (χ2v) is 9.32. The second-order valence-electron chi connectivity index (χ2n) is 6.10. The zero-order chi connectivity index (χ0) is 18.3. The monoisotopic (exact) mass is 516 g/mol. The maximum atomic E-state index is 12.4. The molecule has 1 aliphatic heterocycles. The standard InChI is InChI=1S/C16H28N4O3S2.HI/c1-4-17-16(19(2)12-14-7-10-23-13-14)18-8-9-20(3)25(21,22)15-6-5-11-24-15;/h5-6,11,14H,4,7-10,12-13H2,1-3H3,(H,17,18);1H. The smallest absolute Gasteiger partial charge is 0.252 e. The Morgan fingerprint density at radius 1 is 1.46 bits per heavy atom. The summed E-state index contributed by atoms with van der Waals surface area (Å²) < 4.78 is 32.0. The molecule has 0 spiro atoms. The number of likely N-dealkylation sites (N-methyl/N-ethyl adjacent to an activating group) is 1. The molecule has 7 nitrogen and oxygen atoms in total. The fraction of sp³-hybridized carbons (Fsp3) is 0.688. The molecule has 10 heteroatoms. The predicted octanol–water partition coefficient (Wildman–Crippen LogP) is 1.92. The molecule has 0 aromatic carbocycles. The first-order valence-electron chi connectivity index (χ1n) is 8.52. The molecule has 1 N–H and O–H groups in total. The van der Waals surface area contributed by atoms with Crippen LogP contribution < -0.4 is 5.32 Å². The third kappa shape index (κ3) is 6.63. The summed E-state index contributed by atoms with van der Waals surface area (Å²) in [6.07, 6.45) is 1.07. The number of hydrogen-bond acceptors (Lipinski definition) is 5. The van der Waals surface area contributed by atoms with E-state index in [0.717, 1.165) is 38.7 Å². The van der Waals surface area contributed by atoms with E-state index in [4.69, 9.17) is 4.74 Å². The third-order valence-electron chi connectivity index (χ3n) is 4.09. The van der Waals surface area contributed by atoms with Crippen molar-refractivity contribution in [1.82, 2.24) is 14.5 Å². The Morgan fingerprint density at radius 2 is 2.23 bits per heavy atom. The van der Waals surface area contributed by atoms with E-state index in [1.807, 2.05) is 14.0 Å². The molecule has 0 saturated carbocycles. The van der Waals surface area contributed by atoms with Crippen molar-refractivity contribution in [2.75, 3.05) is 53.5 Å². The minimum Gasteiger partial charge on any atom is -0.381 e. The van der Waals surface area contributed by atoms with Gasteiger partial charge < -0.3 is 15.0 Å². The largest absolute Gasteiger partial charge is 0.381 e. The molecule has 2 heterocycles. The molecule has 0 bridgehead atoms. The van der Waals surface area contributed by atoms with Crippen molar-refractivity contribution in [3.8, 4) is 0 Å². The summed E-state index contributed by atoms with van der Waals surface area (Å²) in [7, 11) is 0.187. The van der Waals surface area contributed by atoms with Crippen molar-refractivity contribution in [1.29, 1.82) is 0 Å². The summed E-state index contributed by atoms with van der Waals surface area (Å²) in [5.41, 5.74) is 0. The summed E-state index contributed by atoms with van der Waals surface area (Å²) in [5.74, 6) is 1.33. The number of aliphatic imine (C=N–C) groups is 1. The SMILES string of the molecule is CCNC(=NCCN(C)S(=O)(=O)c1cccs1)N(C)CC1CCOC1.I. The third-order valence-corrected chi connectivity index (χ3v) is 7.32. The van der Waals surface area contributed by atoms with Crippen molar-refractivity contribution in [2.45, 2.75) is 17.6 Å². The first-order chi connectivity index (χ1) is 11.9. The van der Waals surface area contributed by atoms with Crippen LogP contribution in [0.4, 0.5) is 0 Å². The van der Waals surface area contributed by atoms with Gasteiger partial charge >= 0.3 is 0 Å². The van der Waals surface area contributed by atoms with E-state index in [1.54, 1.807) is 24.6 Å². The number of thiophene rings is 1. The van der Waals surface area contributed by atoms with Gasteiger partial charge in [0.1, 0.15) is 4.21 Å². The Kier molecular flexibility index (Phi) is 10.4. The molecule has 0 aliphatic carbocycles. The lowest BCUT2D eigenvalue weighted by Crippen LogP contribution is -2.42. The van der Waals surface area contributed by atoms with Crippen LogP contribution in [-0.4, -0.2) is 77.1 Å². The number of rotatable bonds is 8. The van der Waals surface area contributed by atoms with E-state index < -0.39 is 10.0 Å². The van der Waals surface area contributed by atoms with Crippen LogP contribution in [0.5, 0.6) is 0 Å². The summed E-state index contributed by atoms with van der Waals surface area (Å²) in [5, 5.41) is 5.03. The highest BCUT2D eigenvalue weighted by Crippen LogP contribution is 2.19. The van der Waals surface area contributed by atoms with Crippen LogP contribution in [-0.2, 0) is 14.8 Å². The fourth-order valence-electron chi connectivity index (χ4n) is 2.65. The van der Waals surface area contributed by atoms with Crippen molar-refractivity contribution >= 4 is 51.3 Å². The number of ether oxygens (including phenoxy) is 1. The van der Waals surface area contributed by atoms with Gasteiger partial charge in [-0.3, -0.25) is 4.99 Å². The highest BCUT2D eigenvalue weighted by Gasteiger charge is 2.22. The van der Waals surface area contributed by atoms with Crippen LogP contribution in [0.15, 0.2) is 26.7 Å². The first kappa shape index (κ1) is 23.6. The van der Waals surface area contributed by atoms with Crippen LogP contribution in [0.1, 0.15) is 13.3 Å². The van der Waals surface area contributed by atoms with Crippen LogP contribution in [0, 0.1) is 5.92 Å². The Hall–Kier alpha value is -0.430. The quantitative estimate of drug-likeness (QED) is 0.325. The van der Waals surface area contributed by atoms with Gasteiger partial charge in [-0.05, 0) is 24.8 Å². The van der Waals surface area contributed by atoms with E-state index in [-0.39, 0.29) is 24.0 Å². The number of halogens is 1. The minimum atomic E-state index is -3.41. The fourth-order valence-corrected chi connectivity index (χ4v) is 5.01. The Labute approximate surface area is 177 Å². The topological polar surface area (TPSA) is 74.2 Å². The van der Waals surface area contributed by atoms with Gasteiger partial charge in [0, 0.05) is 46.3 Å². The lowest BCUT2D eigenvalue weighted by molar-refractivity contribution is 0.181. The van der Waals surface area contributed by atoms with Gasteiger partial charge in [0.2, 0.25) is 0 Å². The summed E-state index contributed by atoms with van der Waals surface area (Å²) in [6, 6.07) is 3.37. The molecule has 0 radical (unpaired) electrons. The minimum absolute atomic E-state index is 0. The molecule has 26 heavy (non-hydrogen) atoms. The van der Waals surface area contributed by atoms with E-state index in [9.17, 15) is 8.42 Å². The first-order valence-corrected chi connectivity index (χ1v) is 10.8. The molecule has 1 aromatic rings. The van der Waals surface area contributed by atoms with E-state index in [1.165, 1.54) is 15.6 Å². The van der Waals surface area contributed by atoms with Gasteiger partial charge in [-0.1, -0.05) is 6.07 Å². The van der Waals surface area contributed by atoms with Gasteiger partial charge in [-0.2, -0.15) is 4.31 Å². The summed E-state index contributed by atoms with van der Waals surface area (Å²) in [4.78, 5) is 6.67. The van der Waals surface area contributed by atoms with Crippen LogP contribution >= 0.6 is 35.3 Å². The van der Waals surface area contributed by atoms with Gasteiger partial charge in [0.05, 0.1) is 13.2 Å². The molecule has 1 atom stereocenters. The van der Waals surface area contributed by atoms with Gasteiger partial charge in [-0.25, -0.2) is 8.42 Å². The van der Waals surface area contributed by atoms with E-state index >= 15 is 0 Å². The number of hydrogen-bond donors (Lipinski definition) is 1. The maximum absolute atomic E-state index is 12.4. The molecular formula is C16H29IN4O3S2. The second kappa shape index (κ2) is 11.4. The highest BCUT2D eigenvalue weighted by atomic mass is 127. The zero-order valence-corrected chi connectivity index (χ0v) is 19.5. The highest BCUT2D eigenvalue weighted by molar-refractivity contribution is 14.0. The lowest BCUT2D eigenvalue weighted by Gasteiger charge is -2.24. The van der Waals surface area contributed by atoms with E-state index in [2.05, 4.69) is 15.2 Å². The number of nitrogens with zero attached hydrogens (tertiary/aromatic N) is 3. The lowest BCUT2D eigenvalue weighted by atomic mass is 10.1. The maximum Gasteiger partial charge on any atom is 0.252 e. The normalized spacial score (nSPS) is 18.0.